The van der Waals surface area contributed by atoms with Gasteiger partial charge in [-0.1, -0.05) is 6.07 Å². The minimum absolute atomic E-state index is 0.263. The topological polar surface area (TPSA) is 56.5 Å². The standard InChI is InChI=1S/C13H17FN2O2/c1-16(8-13(17)9-18-2)7-10-3-4-12(14)5-11(10)6-15/h3-5,13,17H,7-9H2,1-2H3. The van der Waals surface area contributed by atoms with Crippen molar-refractivity contribution >= 4 is 0 Å². The first-order valence-electron chi connectivity index (χ1n) is 5.61. The molecule has 1 atom stereocenters. The van der Waals surface area contributed by atoms with Crippen LogP contribution in [0.2, 0.25) is 0 Å². The van der Waals surface area contributed by atoms with Crippen molar-refractivity contribution in [3.63, 3.8) is 0 Å². The zero-order chi connectivity index (χ0) is 13.5. The second kappa shape index (κ2) is 7.07. The number of nitrogens with zero attached hydrogens (tertiary/aromatic N) is 2. The van der Waals surface area contributed by atoms with Crippen molar-refractivity contribution in [2.24, 2.45) is 0 Å². The van der Waals surface area contributed by atoms with Crippen LogP contribution < -0.4 is 0 Å². The van der Waals surface area contributed by atoms with E-state index < -0.39 is 11.9 Å². The van der Waals surface area contributed by atoms with E-state index in [1.165, 1.54) is 19.2 Å². The average Bonchev–Trinajstić information content (AvgIpc) is 2.31. The summed E-state index contributed by atoms with van der Waals surface area (Å²) in [5.74, 6) is -0.419. The summed E-state index contributed by atoms with van der Waals surface area (Å²) >= 11 is 0. The molecule has 5 heteroatoms. The van der Waals surface area contributed by atoms with Gasteiger partial charge in [0.15, 0.2) is 0 Å². The first kappa shape index (κ1) is 14.6. The fourth-order valence-electron chi connectivity index (χ4n) is 1.75. The molecule has 1 aromatic carbocycles. The molecule has 1 aromatic rings. The third-order valence-corrected chi connectivity index (χ3v) is 2.51. The van der Waals surface area contributed by atoms with Crippen LogP contribution in [0.15, 0.2) is 18.2 Å². The Morgan fingerprint density at radius 3 is 2.89 bits per heavy atom. The Kier molecular flexibility index (Phi) is 5.72. The minimum Gasteiger partial charge on any atom is -0.389 e. The van der Waals surface area contributed by atoms with Gasteiger partial charge in [-0.25, -0.2) is 4.39 Å². The fourth-order valence-corrected chi connectivity index (χ4v) is 1.75. The first-order chi connectivity index (χ1) is 8.56. The number of aliphatic hydroxyl groups excluding tert-OH is 1. The van der Waals surface area contributed by atoms with Gasteiger partial charge in [-0.15, -0.1) is 0 Å². The molecule has 1 rings (SSSR count). The van der Waals surface area contributed by atoms with E-state index in [0.717, 1.165) is 5.56 Å². The molecule has 0 amide bonds. The third-order valence-electron chi connectivity index (χ3n) is 2.51. The molecule has 98 valence electrons. The third kappa shape index (κ3) is 4.41. The van der Waals surface area contributed by atoms with Crippen molar-refractivity contribution in [2.75, 3.05) is 27.3 Å². The smallest absolute Gasteiger partial charge is 0.124 e. The lowest BCUT2D eigenvalue weighted by Crippen LogP contribution is -2.31. The minimum atomic E-state index is -0.578. The molecule has 4 nitrogen and oxygen atoms in total. The van der Waals surface area contributed by atoms with Crippen LogP contribution in [0.25, 0.3) is 0 Å². The van der Waals surface area contributed by atoms with Crippen molar-refractivity contribution < 1.29 is 14.2 Å². The van der Waals surface area contributed by atoms with Crippen molar-refractivity contribution in [2.45, 2.75) is 12.6 Å². The van der Waals surface area contributed by atoms with Gasteiger partial charge >= 0.3 is 0 Å². The molecular weight excluding hydrogens is 235 g/mol. The van der Waals surface area contributed by atoms with Crippen LogP contribution >= 0.6 is 0 Å². The SMILES string of the molecule is COCC(O)CN(C)Cc1ccc(F)cc1C#N. The van der Waals surface area contributed by atoms with E-state index >= 15 is 0 Å². The van der Waals surface area contributed by atoms with Gasteiger partial charge in [0.1, 0.15) is 5.82 Å². The highest BCUT2D eigenvalue weighted by Gasteiger charge is 2.11. The summed E-state index contributed by atoms with van der Waals surface area (Å²) in [7, 11) is 3.35. The Morgan fingerprint density at radius 2 is 2.28 bits per heavy atom. The zero-order valence-corrected chi connectivity index (χ0v) is 10.6. The fraction of sp³-hybridized carbons (Fsp3) is 0.462. The van der Waals surface area contributed by atoms with Gasteiger partial charge < -0.3 is 9.84 Å². The zero-order valence-electron chi connectivity index (χ0n) is 10.6. The highest BCUT2D eigenvalue weighted by molar-refractivity contribution is 5.37. The van der Waals surface area contributed by atoms with E-state index in [9.17, 15) is 9.50 Å². The Morgan fingerprint density at radius 1 is 1.56 bits per heavy atom. The van der Waals surface area contributed by atoms with Gasteiger partial charge in [-0.2, -0.15) is 5.26 Å². The van der Waals surface area contributed by atoms with Crippen LogP contribution in [0.4, 0.5) is 4.39 Å². The molecule has 0 bridgehead atoms. The van der Waals surface area contributed by atoms with Crippen molar-refractivity contribution in [1.29, 1.82) is 5.26 Å². The molecule has 0 spiro atoms. The van der Waals surface area contributed by atoms with E-state index in [-0.39, 0.29) is 6.61 Å². The Bertz CT molecular complexity index is 431. The van der Waals surface area contributed by atoms with Gasteiger partial charge in [0.05, 0.1) is 24.3 Å². The molecule has 18 heavy (non-hydrogen) atoms. The number of likely N-dealkylation sites (N-methyl/N-ethyl adjacent to an activating group) is 1. The Hall–Kier alpha value is -1.48. The van der Waals surface area contributed by atoms with E-state index in [1.807, 2.05) is 18.0 Å². The molecule has 0 aliphatic heterocycles. The molecule has 1 N–H and O–H groups in total. The number of methoxy groups -OCH3 is 1. The normalized spacial score (nSPS) is 12.4. The van der Waals surface area contributed by atoms with E-state index in [0.29, 0.717) is 18.7 Å². The number of hydrogen-bond donors (Lipinski definition) is 1. The van der Waals surface area contributed by atoms with E-state index in [2.05, 4.69) is 0 Å². The van der Waals surface area contributed by atoms with Crippen LogP contribution in [0.5, 0.6) is 0 Å². The second-order valence-electron chi connectivity index (χ2n) is 4.22. The van der Waals surface area contributed by atoms with E-state index in [1.54, 1.807) is 6.07 Å². The Labute approximate surface area is 106 Å². The summed E-state index contributed by atoms with van der Waals surface area (Å²) < 4.78 is 17.8. The molecule has 0 saturated heterocycles. The quantitative estimate of drug-likeness (QED) is 0.824. The predicted octanol–water partition coefficient (Wildman–Crippen LogP) is 1.14. The lowest BCUT2D eigenvalue weighted by molar-refractivity contribution is 0.0418. The molecule has 0 aliphatic rings. The average molecular weight is 252 g/mol. The summed E-state index contributed by atoms with van der Waals surface area (Å²) in [6.07, 6.45) is -0.578. The molecule has 0 aromatic heterocycles. The summed E-state index contributed by atoms with van der Waals surface area (Å²) in [5, 5.41) is 18.5. The Balaban J connectivity index is 2.64. The lowest BCUT2D eigenvalue weighted by atomic mass is 10.1. The molecule has 0 saturated carbocycles. The maximum Gasteiger partial charge on any atom is 0.124 e. The molecule has 0 radical (unpaired) electrons. The monoisotopic (exact) mass is 252 g/mol. The largest absolute Gasteiger partial charge is 0.389 e. The van der Waals surface area contributed by atoms with Gasteiger partial charge in [-0.3, -0.25) is 4.90 Å². The van der Waals surface area contributed by atoms with Crippen LogP contribution in [0, 0.1) is 17.1 Å². The van der Waals surface area contributed by atoms with E-state index in [4.69, 9.17) is 10.00 Å². The first-order valence-corrected chi connectivity index (χ1v) is 5.61. The summed E-state index contributed by atoms with van der Waals surface area (Å²) in [4.78, 5) is 1.86. The highest BCUT2D eigenvalue weighted by atomic mass is 19.1. The number of hydrogen-bond acceptors (Lipinski definition) is 4. The summed E-state index contributed by atoms with van der Waals surface area (Å²) in [6, 6.07) is 6.10. The molecule has 0 heterocycles. The predicted molar refractivity (Wildman–Crippen MR) is 65.3 cm³/mol. The van der Waals surface area contributed by atoms with Crippen LogP contribution in [-0.4, -0.2) is 43.4 Å². The maximum atomic E-state index is 13.0. The molecular formula is C13H17FN2O2. The van der Waals surface area contributed by atoms with Crippen LogP contribution in [0.3, 0.4) is 0 Å². The lowest BCUT2D eigenvalue weighted by Gasteiger charge is -2.20. The van der Waals surface area contributed by atoms with Gasteiger partial charge in [0.2, 0.25) is 0 Å². The molecule has 1 unspecified atom stereocenters. The van der Waals surface area contributed by atoms with Crippen LogP contribution in [-0.2, 0) is 11.3 Å². The van der Waals surface area contributed by atoms with Gasteiger partial charge in [-0.05, 0) is 24.7 Å². The molecule has 0 fully saturated rings. The van der Waals surface area contributed by atoms with Crippen molar-refractivity contribution in [1.82, 2.24) is 4.90 Å². The van der Waals surface area contributed by atoms with Crippen molar-refractivity contribution in [3.8, 4) is 6.07 Å². The number of halogens is 1. The number of nitriles is 1. The van der Waals surface area contributed by atoms with Crippen LogP contribution in [0.1, 0.15) is 11.1 Å². The van der Waals surface area contributed by atoms with Gasteiger partial charge in [0, 0.05) is 20.2 Å². The number of rotatable bonds is 6. The molecule has 0 aliphatic carbocycles. The van der Waals surface area contributed by atoms with Crippen molar-refractivity contribution in [3.05, 3.63) is 35.1 Å². The summed E-state index contributed by atoms with van der Waals surface area (Å²) in [5.41, 5.74) is 1.06. The maximum absolute atomic E-state index is 13.0. The van der Waals surface area contributed by atoms with Gasteiger partial charge in [0.25, 0.3) is 0 Å². The summed E-state index contributed by atoms with van der Waals surface area (Å²) in [6.45, 7) is 1.17. The second-order valence-corrected chi connectivity index (χ2v) is 4.22. The number of benzene rings is 1. The number of ether oxygens (including phenoxy) is 1. The number of aliphatic hydroxyl groups is 1. The highest BCUT2D eigenvalue weighted by Crippen LogP contribution is 2.12.